The lowest BCUT2D eigenvalue weighted by molar-refractivity contribution is -0.384. The Bertz CT molecular complexity index is 779. The van der Waals surface area contributed by atoms with Crippen molar-refractivity contribution in [1.29, 1.82) is 0 Å². The number of amides is 1. The number of likely N-dealkylation sites (tertiary alicyclic amines) is 1. The topological polar surface area (TPSA) is 93.3 Å². The van der Waals surface area contributed by atoms with E-state index in [4.69, 9.17) is 0 Å². The van der Waals surface area contributed by atoms with E-state index in [9.17, 15) is 14.9 Å². The number of non-ortho nitro benzene ring substituents is 1. The van der Waals surface area contributed by atoms with Gasteiger partial charge in [0.15, 0.2) is 5.69 Å². The molecule has 3 heterocycles. The molecule has 1 aromatic carbocycles. The third-order valence-corrected chi connectivity index (χ3v) is 4.81. The van der Waals surface area contributed by atoms with Gasteiger partial charge in [0, 0.05) is 44.5 Å². The SMILES string of the molecule is Cl.O=C(c1ccn(-c2ccc([N+](=O)[O-])cc2)n1)N1C[C@H]2CNC[C@H]2C1. The Hall–Kier alpha value is -2.45. The number of aromatic nitrogens is 2. The average molecular weight is 364 g/mol. The number of halogens is 1. The lowest BCUT2D eigenvalue weighted by atomic mass is 10.0. The monoisotopic (exact) mass is 363 g/mol. The normalized spacial score (nSPS) is 21.7. The van der Waals surface area contributed by atoms with Gasteiger partial charge in [-0.25, -0.2) is 4.68 Å². The fourth-order valence-electron chi connectivity index (χ4n) is 3.49. The fourth-order valence-corrected chi connectivity index (χ4v) is 3.49. The summed E-state index contributed by atoms with van der Waals surface area (Å²) in [4.78, 5) is 24.7. The van der Waals surface area contributed by atoms with Crippen molar-refractivity contribution in [2.75, 3.05) is 26.2 Å². The van der Waals surface area contributed by atoms with Gasteiger partial charge in [0.25, 0.3) is 11.6 Å². The number of nitrogens with zero attached hydrogens (tertiary/aromatic N) is 4. The van der Waals surface area contributed by atoms with Gasteiger partial charge in [0.05, 0.1) is 10.6 Å². The van der Waals surface area contributed by atoms with Gasteiger partial charge in [-0.1, -0.05) is 0 Å². The number of carbonyl (C=O) groups excluding carboxylic acids is 1. The van der Waals surface area contributed by atoms with E-state index in [1.54, 1.807) is 29.1 Å². The number of rotatable bonds is 3. The number of fused-ring (bicyclic) bond motifs is 1. The van der Waals surface area contributed by atoms with Crippen LogP contribution in [0.2, 0.25) is 0 Å². The van der Waals surface area contributed by atoms with Crippen molar-refractivity contribution in [2.24, 2.45) is 11.8 Å². The summed E-state index contributed by atoms with van der Waals surface area (Å²) in [5, 5.41) is 18.4. The minimum Gasteiger partial charge on any atom is -0.337 e. The molecule has 2 aliphatic rings. The summed E-state index contributed by atoms with van der Waals surface area (Å²) in [6.45, 7) is 3.51. The van der Waals surface area contributed by atoms with E-state index in [2.05, 4.69) is 10.4 Å². The van der Waals surface area contributed by atoms with Crippen molar-refractivity contribution >= 4 is 24.0 Å². The Morgan fingerprint density at radius 3 is 2.40 bits per heavy atom. The van der Waals surface area contributed by atoms with Gasteiger partial charge in [-0.15, -0.1) is 12.4 Å². The second-order valence-corrected chi connectivity index (χ2v) is 6.31. The van der Waals surface area contributed by atoms with E-state index in [0.29, 0.717) is 23.2 Å². The Morgan fingerprint density at radius 1 is 1.16 bits per heavy atom. The van der Waals surface area contributed by atoms with Gasteiger partial charge in [-0.05, 0) is 30.0 Å². The van der Waals surface area contributed by atoms with Gasteiger partial charge in [0.1, 0.15) is 0 Å². The van der Waals surface area contributed by atoms with Crippen molar-refractivity contribution in [3.63, 3.8) is 0 Å². The molecule has 0 aliphatic carbocycles. The van der Waals surface area contributed by atoms with E-state index in [0.717, 1.165) is 26.2 Å². The molecule has 2 aliphatic heterocycles. The molecular formula is C16H18ClN5O3. The van der Waals surface area contributed by atoms with Crippen molar-refractivity contribution in [3.05, 3.63) is 52.3 Å². The van der Waals surface area contributed by atoms with Crippen LogP contribution in [-0.2, 0) is 0 Å². The molecule has 2 atom stereocenters. The number of benzene rings is 1. The van der Waals surface area contributed by atoms with Crippen LogP contribution in [-0.4, -0.2) is 51.7 Å². The molecule has 1 N–H and O–H groups in total. The molecule has 2 saturated heterocycles. The van der Waals surface area contributed by atoms with Crippen LogP contribution >= 0.6 is 12.4 Å². The predicted octanol–water partition coefficient (Wildman–Crippen LogP) is 1.49. The Labute approximate surface area is 150 Å². The number of nitro groups is 1. The Kier molecular flexibility index (Phi) is 4.73. The number of hydrogen-bond acceptors (Lipinski definition) is 5. The summed E-state index contributed by atoms with van der Waals surface area (Å²) in [6.07, 6.45) is 1.70. The first kappa shape index (κ1) is 17.4. The highest BCUT2D eigenvalue weighted by atomic mass is 35.5. The van der Waals surface area contributed by atoms with Crippen LogP contribution in [0.15, 0.2) is 36.5 Å². The second kappa shape index (κ2) is 6.81. The van der Waals surface area contributed by atoms with Gasteiger partial charge in [0.2, 0.25) is 0 Å². The summed E-state index contributed by atoms with van der Waals surface area (Å²) in [5.74, 6) is 1.04. The van der Waals surface area contributed by atoms with Gasteiger partial charge in [-0.3, -0.25) is 14.9 Å². The number of hydrogen-bond donors (Lipinski definition) is 1. The molecule has 2 fully saturated rings. The minimum atomic E-state index is -0.444. The van der Waals surface area contributed by atoms with Crippen LogP contribution in [0, 0.1) is 22.0 Å². The standard InChI is InChI=1S/C16H17N5O3.ClH/c22-16(19-9-11-7-17-8-12(11)10-19)15-5-6-20(18-15)13-1-3-14(4-2-13)21(23)24;/h1-6,11-12,17H,7-10H2;1H/t11-,12+;. The van der Waals surface area contributed by atoms with Crippen LogP contribution in [0.3, 0.4) is 0 Å². The number of nitro benzene ring substituents is 1. The first-order chi connectivity index (χ1) is 11.6. The zero-order chi connectivity index (χ0) is 16.7. The zero-order valence-corrected chi connectivity index (χ0v) is 14.2. The molecule has 0 radical (unpaired) electrons. The highest BCUT2D eigenvalue weighted by molar-refractivity contribution is 5.92. The molecule has 2 aromatic rings. The maximum absolute atomic E-state index is 12.6. The molecule has 0 bridgehead atoms. The van der Waals surface area contributed by atoms with E-state index in [1.807, 2.05) is 4.90 Å². The van der Waals surface area contributed by atoms with E-state index < -0.39 is 4.92 Å². The van der Waals surface area contributed by atoms with Crippen LogP contribution in [0.1, 0.15) is 10.5 Å². The maximum atomic E-state index is 12.6. The van der Waals surface area contributed by atoms with Crippen molar-refractivity contribution in [3.8, 4) is 5.69 Å². The molecule has 4 rings (SSSR count). The molecule has 1 aromatic heterocycles. The first-order valence-corrected chi connectivity index (χ1v) is 7.92. The largest absolute Gasteiger partial charge is 0.337 e. The van der Waals surface area contributed by atoms with E-state index in [1.165, 1.54) is 12.1 Å². The summed E-state index contributed by atoms with van der Waals surface area (Å²) < 4.78 is 1.56. The number of nitrogens with one attached hydrogen (secondary N) is 1. The zero-order valence-electron chi connectivity index (χ0n) is 13.4. The summed E-state index contributed by atoms with van der Waals surface area (Å²) in [5.41, 5.74) is 1.11. The Morgan fingerprint density at radius 2 is 1.80 bits per heavy atom. The molecule has 9 heteroatoms. The molecule has 0 saturated carbocycles. The lowest BCUT2D eigenvalue weighted by Gasteiger charge is -2.15. The molecule has 0 spiro atoms. The third-order valence-electron chi connectivity index (χ3n) is 4.81. The minimum absolute atomic E-state index is 0. The van der Waals surface area contributed by atoms with E-state index in [-0.39, 0.29) is 24.0 Å². The van der Waals surface area contributed by atoms with Gasteiger partial charge in [-0.2, -0.15) is 5.10 Å². The lowest BCUT2D eigenvalue weighted by Crippen LogP contribution is -2.32. The van der Waals surface area contributed by atoms with Crippen molar-refractivity contribution in [2.45, 2.75) is 0 Å². The average Bonchev–Trinajstić information content (AvgIpc) is 3.29. The quantitative estimate of drug-likeness (QED) is 0.658. The summed E-state index contributed by atoms with van der Waals surface area (Å²) in [6, 6.07) is 7.77. The van der Waals surface area contributed by atoms with E-state index >= 15 is 0 Å². The Balaban J connectivity index is 0.00000182. The maximum Gasteiger partial charge on any atom is 0.274 e. The first-order valence-electron chi connectivity index (χ1n) is 7.92. The van der Waals surface area contributed by atoms with Gasteiger partial charge < -0.3 is 10.2 Å². The molecule has 132 valence electrons. The van der Waals surface area contributed by atoms with Crippen LogP contribution in [0.4, 0.5) is 5.69 Å². The molecule has 8 nitrogen and oxygen atoms in total. The number of carbonyl (C=O) groups is 1. The van der Waals surface area contributed by atoms with Crippen LogP contribution < -0.4 is 5.32 Å². The molecule has 1 amide bonds. The smallest absolute Gasteiger partial charge is 0.274 e. The highest BCUT2D eigenvalue weighted by Crippen LogP contribution is 2.27. The third kappa shape index (κ3) is 3.22. The summed E-state index contributed by atoms with van der Waals surface area (Å²) in [7, 11) is 0. The fraction of sp³-hybridized carbons (Fsp3) is 0.375. The van der Waals surface area contributed by atoms with Crippen LogP contribution in [0.25, 0.3) is 5.69 Å². The predicted molar refractivity (Wildman–Crippen MR) is 93.2 cm³/mol. The van der Waals surface area contributed by atoms with Crippen molar-refractivity contribution < 1.29 is 9.72 Å². The molecule has 0 unspecified atom stereocenters. The molecule has 25 heavy (non-hydrogen) atoms. The van der Waals surface area contributed by atoms with Crippen molar-refractivity contribution in [1.82, 2.24) is 20.0 Å². The second-order valence-electron chi connectivity index (χ2n) is 6.31. The molecular weight excluding hydrogens is 346 g/mol. The highest BCUT2D eigenvalue weighted by Gasteiger charge is 2.38. The van der Waals surface area contributed by atoms with Gasteiger partial charge >= 0.3 is 0 Å². The van der Waals surface area contributed by atoms with Crippen LogP contribution in [0.5, 0.6) is 0 Å². The summed E-state index contributed by atoms with van der Waals surface area (Å²) >= 11 is 0.